The predicted octanol–water partition coefficient (Wildman–Crippen LogP) is 6.72. The summed E-state index contributed by atoms with van der Waals surface area (Å²) in [5, 5.41) is 3.28. The number of aromatic nitrogens is 1. The van der Waals surface area contributed by atoms with Crippen LogP contribution in [0.1, 0.15) is 73.5 Å². The molecular weight excluding hydrogens is 392 g/mol. The number of hydrogen-bond acceptors (Lipinski definition) is 1. The minimum Gasteiger partial charge on any atom is -0.349 e. The molecule has 3 aromatic rings. The van der Waals surface area contributed by atoms with Crippen molar-refractivity contribution in [3.63, 3.8) is 0 Å². The van der Waals surface area contributed by atoms with Gasteiger partial charge in [0.2, 0.25) is 0 Å². The Morgan fingerprint density at radius 1 is 0.906 bits per heavy atom. The van der Waals surface area contributed by atoms with Crippen molar-refractivity contribution < 1.29 is 4.79 Å². The fraction of sp³-hybridized carbons (Fsp3) is 0.414. The van der Waals surface area contributed by atoms with Crippen LogP contribution in [0.3, 0.4) is 0 Å². The van der Waals surface area contributed by atoms with Crippen LogP contribution in [-0.4, -0.2) is 16.5 Å². The molecule has 0 radical (unpaired) electrons. The Balaban J connectivity index is 1.44. The molecule has 1 aromatic heterocycles. The molecule has 2 aromatic carbocycles. The molecule has 1 N–H and O–H groups in total. The van der Waals surface area contributed by atoms with Crippen molar-refractivity contribution in [2.24, 2.45) is 5.92 Å². The van der Waals surface area contributed by atoms with Gasteiger partial charge in [0, 0.05) is 23.0 Å². The number of benzene rings is 2. The summed E-state index contributed by atoms with van der Waals surface area (Å²) in [5.41, 5.74) is 7.29. The van der Waals surface area contributed by atoms with Gasteiger partial charge in [0.05, 0.1) is 5.69 Å². The molecule has 5 rings (SSSR count). The van der Waals surface area contributed by atoms with Crippen LogP contribution in [-0.2, 0) is 12.8 Å². The number of hydrogen-bond donors (Lipinski definition) is 1. The summed E-state index contributed by atoms with van der Waals surface area (Å²) in [4.78, 5) is 12.9. The number of carbonyl (C=O) groups is 1. The Hall–Kier alpha value is -2.81. The number of nitrogens with one attached hydrogen (secondary N) is 1. The third kappa shape index (κ3) is 4.39. The molecule has 0 saturated heterocycles. The third-order valence-corrected chi connectivity index (χ3v) is 7.28. The minimum absolute atomic E-state index is 0.0649. The number of carbonyl (C=O) groups excluding carboxylic acids is 1. The van der Waals surface area contributed by atoms with E-state index >= 15 is 0 Å². The largest absolute Gasteiger partial charge is 0.349 e. The second kappa shape index (κ2) is 9.36. The smallest absolute Gasteiger partial charge is 0.251 e. The van der Waals surface area contributed by atoms with Gasteiger partial charge in [-0.1, -0.05) is 62.9 Å². The standard InChI is InChI=1S/C29H34N2O/c1-21-13-18-27-24(19-21)20-28(22-9-5-4-6-10-22)31(27)26-16-14-23(15-17-26)29(32)30-25-11-7-2-3-8-12-25/h4-6,9-10,14-17,20-21,25H,2-3,7-8,11-13,18-19H2,1H3,(H,30,32). The number of amides is 1. The van der Waals surface area contributed by atoms with Crippen molar-refractivity contribution >= 4 is 5.91 Å². The highest BCUT2D eigenvalue weighted by Crippen LogP contribution is 2.35. The lowest BCUT2D eigenvalue weighted by Gasteiger charge is -2.21. The zero-order chi connectivity index (χ0) is 21.9. The van der Waals surface area contributed by atoms with Crippen LogP contribution in [0.4, 0.5) is 0 Å². The van der Waals surface area contributed by atoms with Gasteiger partial charge in [-0.15, -0.1) is 0 Å². The van der Waals surface area contributed by atoms with Crippen LogP contribution in [0.25, 0.3) is 16.9 Å². The lowest BCUT2D eigenvalue weighted by molar-refractivity contribution is 0.0933. The molecule has 1 heterocycles. The molecule has 1 fully saturated rings. The second-order valence-corrected chi connectivity index (χ2v) is 9.76. The molecule has 3 heteroatoms. The molecule has 2 aliphatic carbocycles. The average Bonchev–Trinajstić information content (AvgIpc) is 3.00. The Kier molecular flexibility index (Phi) is 6.16. The molecule has 1 saturated carbocycles. The van der Waals surface area contributed by atoms with E-state index in [4.69, 9.17) is 0 Å². The van der Waals surface area contributed by atoms with Gasteiger partial charge < -0.3 is 9.88 Å². The normalized spacial score (nSPS) is 19.2. The Bertz CT molecular complexity index is 1060. The predicted molar refractivity (Wildman–Crippen MR) is 131 cm³/mol. The molecule has 1 unspecified atom stereocenters. The van der Waals surface area contributed by atoms with Crippen LogP contribution in [0, 0.1) is 5.92 Å². The first-order chi connectivity index (χ1) is 15.7. The summed E-state index contributed by atoms with van der Waals surface area (Å²) in [6.45, 7) is 2.35. The highest BCUT2D eigenvalue weighted by Gasteiger charge is 2.23. The highest BCUT2D eigenvalue weighted by molar-refractivity contribution is 5.94. The number of nitrogens with zero attached hydrogens (tertiary/aromatic N) is 1. The summed E-state index contributed by atoms with van der Waals surface area (Å²) in [5.74, 6) is 0.798. The van der Waals surface area contributed by atoms with Gasteiger partial charge in [-0.2, -0.15) is 0 Å². The first-order valence-electron chi connectivity index (χ1n) is 12.4. The van der Waals surface area contributed by atoms with Crippen LogP contribution in [0.15, 0.2) is 60.7 Å². The fourth-order valence-electron chi connectivity index (χ4n) is 5.48. The van der Waals surface area contributed by atoms with E-state index < -0.39 is 0 Å². The zero-order valence-corrected chi connectivity index (χ0v) is 19.1. The van der Waals surface area contributed by atoms with Crippen molar-refractivity contribution in [1.82, 2.24) is 9.88 Å². The van der Waals surface area contributed by atoms with Gasteiger partial charge in [-0.25, -0.2) is 0 Å². The summed E-state index contributed by atoms with van der Waals surface area (Å²) in [6, 6.07) is 21.6. The maximum atomic E-state index is 12.9. The van der Waals surface area contributed by atoms with Crippen LogP contribution in [0.5, 0.6) is 0 Å². The summed E-state index contributed by atoms with van der Waals surface area (Å²) < 4.78 is 2.42. The Labute approximate surface area is 191 Å². The van der Waals surface area contributed by atoms with Crippen molar-refractivity contribution in [3.05, 3.63) is 77.5 Å². The second-order valence-electron chi connectivity index (χ2n) is 9.76. The molecule has 0 bridgehead atoms. The quantitative estimate of drug-likeness (QED) is 0.462. The van der Waals surface area contributed by atoms with Crippen molar-refractivity contribution in [1.29, 1.82) is 0 Å². The van der Waals surface area contributed by atoms with Gasteiger partial charge in [-0.05, 0) is 79.5 Å². The van der Waals surface area contributed by atoms with Gasteiger partial charge in [0.1, 0.15) is 0 Å². The SMILES string of the molecule is CC1CCc2c(cc(-c3ccccc3)n2-c2ccc(C(=O)NC3CCCCCC3)cc2)C1. The molecule has 1 atom stereocenters. The maximum Gasteiger partial charge on any atom is 0.251 e. The van der Waals surface area contributed by atoms with Gasteiger partial charge in [0.15, 0.2) is 0 Å². The van der Waals surface area contributed by atoms with Gasteiger partial charge >= 0.3 is 0 Å². The molecule has 1 amide bonds. The topological polar surface area (TPSA) is 34.0 Å². The van der Waals surface area contributed by atoms with Crippen molar-refractivity contribution in [2.75, 3.05) is 0 Å². The minimum atomic E-state index is 0.0649. The van der Waals surface area contributed by atoms with E-state index in [2.05, 4.69) is 65.3 Å². The highest BCUT2D eigenvalue weighted by atomic mass is 16.1. The van der Waals surface area contributed by atoms with Crippen molar-refractivity contribution in [3.8, 4) is 16.9 Å². The first-order valence-corrected chi connectivity index (χ1v) is 12.4. The molecule has 3 nitrogen and oxygen atoms in total. The van der Waals surface area contributed by atoms with Gasteiger partial charge in [0.25, 0.3) is 5.91 Å². The summed E-state index contributed by atoms with van der Waals surface area (Å²) in [6.07, 6.45) is 10.7. The maximum absolute atomic E-state index is 12.9. The molecule has 32 heavy (non-hydrogen) atoms. The summed E-state index contributed by atoms with van der Waals surface area (Å²) >= 11 is 0. The van der Waals surface area contributed by atoms with E-state index in [0.29, 0.717) is 6.04 Å². The van der Waals surface area contributed by atoms with E-state index in [0.717, 1.165) is 42.9 Å². The van der Waals surface area contributed by atoms with Crippen LogP contribution >= 0.6 is 0 Å². The number of fused-ring (bicyclic) bond motifs is 1. The van der Waals surface area contributed by atoms with Crippen LogP contribution in [0.2, 0.25) is 0 Å². The Morgan fingerprint density at radius 3 is 2.34 bits per heavy atom. The van der Waals surface area contributed by atoms with E-state index in [1.54, 1.807) is 0 Å². The molecule has 0 spiro atoms. The lowest BCUT2D eigenvalue weighted by Crippen LogP contribution is -2.34. The van der Waals surface area contributed by atoms with E-state index in [9.17, 15) is 4.79 Å². The van der Waals surface area contributed by atoms with Crippen molar-refractivity contribution in [2.45, 2.75) is 70.8 Å². The lowest BCUT2D eigenvalue weighted by atomic mass is 9.89. The zero-order valence-electron chi connectivity index (χ0n) is 19.1. The molecule has 2 aliphatic rings. The number of rotatable bonds is 4. The summed E-state index contributed by atoms with van der Waals surface area (Å²) in [7, 11) is 0. The van der Waals surface area contributed by atoms with E-state index in [1.807, 2.05) is 12.1 Å². The molecule has 166 valence electrons. The van der Waals surface area contributed by atoms with Crippen LogP contribution < -0.4 is 5.32 Å². The first kappa shape index (κ1) is 21.1. The van der Waals surface area contributed by atoms with Gasteiger partial charge in [-0.3, -0.25) is 4.79 Å². The van der Waals surface area contributed by atoms with E-state index in [-0.39, 0.29) is 5.91 Å². The fourth-order valence-corrected chi connectivity index (χ4v) is 5.48. The average molecular weight is 427 g/mol. The molecular formula is C29H34N2O. The van der Waals surface area contributed by atoms with E-state index in [1.165, 1.54) is 54.6 Å². The Morgan fingerprint density at radius 2 is 1.62 bits per heavy atom. The monoisotopic (exact) mass is 426 g/mol. The third-order valence-electron chi connectivity index (χ3n) is 7.28. The molecule has 0 aliphatic heterocycles.